The van der Waals surface area contributed by atoms with Crippen LogP contribution in [0.15, 0.2) is 5.38 Å². The van der Waals surface area contributed by atoms with E-state index in [1.165, 1.54) is 11.3 Å². The monoisotopic (exact) mass is 297 g/mol. The first-order valence-corrected chi connectivity index (χ1v) is 6.91. The third-order valence-corrected chi connectivity index (χ3v) is 3.68. The van der Waals surface area contributed by atoms with E-state index in [2.05, 4.69) is 4.98 Å². The first-order valence-electron chi connectivity index (χ1n) is 6.03. The van der Waals surface area contributed by atoms with Gasteiger partial charge in [-0.25, -0.2) is 9.78 Å². The lowest BCUT2D eigenvalue weighted by Crippen LogP contribution is -2.35. The van der Waals surface area contributed by atoms with Crippen LogP contribution in [-0.4, -0.2) is 47.5 Å². The van der Waals surface area contributed by atoms with Crippen molar-refractivity contribution in [3.63, 3.8) is 0 Å². The summed E-state index contributed by atoms with van der Waals surface area (Å²) in [5.74, 6) is 0.0931. The second-order valence-corrected chi connectivity index (χ2v) is 4.94. The summed E-state index contributed by atoms with van der Waals surface area (Å²) in [7, 11) is 0. The van der Waals surface area contributed by atoms with Crippen LogP contribution in [0.2, 0.25) is 0 Å². The van der Waals surface area contributed by atoms with Crippen molar-refractivity contribution in [1.29, 1.82) is 0 Å². The zero-order valence-corrected chi connectivity index (χ0v) is 12.1. The Labute approximate surface area is 120 Å². The molecule has 20 heavy (non-hydrogen) atoms. The molecule has 2 rings (SSSR count). The molecule has 0 aliphatic carbocycles. The maximum absolute atomic E-state index is 12.0. The molecule has 0 saturated carbocycles. The molecule has 2 amide bonds. The van der Waals surface area contributed by atoms with Crippen molar-refractivity contribution in [3.05, 3.63) is 11.1 Å². The fourth-order valence-electron chi connectivity index (χ4n) is 1.70. The van der Waals surface area contributed by atoms with Crippen molar-refractivity contribution in [1.82, 2.24) is 9.88 Å². The van der Waals surface area contributed by atoms with Crippen LogP contribution >= 0.6 is 11.3 Å². The van der Waals surface area contributed by atoms with Gasteiger partial charge in [0.2, 0.25) is 0 Å². The Balaban J connectivity index is 0.000000612. The lowest BCUT2D eigenvalue weighted by atomic mass is 10.3. The van der Waals surface area contributed by atoms with Gasteiger partial charge < -0.3 is 4.90 Å². The van der Waals surface area contributed by atoms with Gasteiger partial charge in [0.1, 0.15) is 0 Å². The van der Waals surface area contributed by atoms with Gasteiger partial charge >= 0.3 is 12.2 Å². The summed E-state index contributed by atoms with van der Waals surface area (Å²) in [5.41, 5.74) is 0.917. The second kappa shape index (κ2) is 7.52. The second-order valence-electron chi connectivity index (χ2n) is 4.10. The number of rotatable bonds is 4. The van der Waals surface area contributed by atoms with E-state index in [0.717, 1.165) is 10.8 Å². The van der Waals surface area contributed by atoms with Crippen molar-refractivity contribution in [3.8, 4) is 0 Å². The quantitative estimate of drug-likeness (QED) is 0.830. The van der Waals surface area contributed by atoms with E-state index in [4.69, 9.17) is 9.59 Å². The highest BCUT2D eigenvalue weighted by molar-refractivity contribution is 7.14. The minimum atomic E-state index is -0.110. The largest absolute Gasteiger partial charge is 0.373 e. The van der Waals surface area contributed by atoms with Crippen molar-refractivity contribution in [2.75, 3.05) is 24.5 Å². The number of amides is 2. The van der Waals surface area contributed by atoms with Crippen LogP contribution in [0.4, 0.5) is 9.93 Å². The SMILES string of the molecule is CCC(=O)CN1CCN(c2nc(C)cs2)C1=O.O=C=O. The predicted octanol–water partition coefficient (Wildman–Crippen LogP) is 1.09. The smallest absolute Gasteiger partial charge is 0.315 e. The molecule has 0 spiro atoms. The molecule has 0 unspecified atom stereocenters. The van der Waals surface area contributed by atoms with Gasteiger partial charge in [0.25, 0.3) is 0 Å². The highest BCUT2D eigenvalue weighted by atomic mass is 32.1. The molecule has 1 saturated heterocycles. The van der Waals surface area contributed by atoms with Gasteiger partial charge in [0, 0.05) is 24.9 Å². The van der Waals surface area contributed by atoms with Crippen molar-refractivity contribution < 1.29 is 19.2 Å². The molecular weight excluding hydrogens is 282 g/mol. The number of nitrogens with zero attached hydrogens (tertiary/aromatic N) is 3. The van der Waals surface area contributed by atoms with Crippen LogP contribution < -0.4 is 4.90 Å². The number of aryl methyl sites for hydroxylation is 1. The normalized spacial score (nSPS) is 13.8. The Kier molecular flexibility index (Phi) is 6.02. The van der Waals surface area contributed by atoms with Crippen LogP contribution in [0.25, 0.3) is 0 Å². The van der Waals surface area contributed by atoms with E-state index in [9.17, 15) is 9.59 Å². The van der Waals surface area contributed by atoms with Crippen LogP contribution in [0.3, 0.4) is 0 Å². The van der Waals surface area contributed by atoms with Crippen LogP contribution in [0.5, 0.6) is 0 Å². The highest BCUT2D eigenvalue weighted by Crippen LogP contribution is 2.24. The number of hydrogen-bond donors (Lipinski definition) is 0. The summed E-state index contributed by atoms with van der Waals surface area (Å²) >= 11 is 1.46. The van der Waals surface area contributed by atoms with Crippen LogP contribution in [0.1, 0.15) is 19.0 Å². The number of urea groups is 1. The zero-order valence-electron chi connectivity index (χ0n) is 11.3. The predicted molar refractivity (Wildman–Crippen MR) is 71.5 cm³/mol. The number of carbonyl (C=O) groups is 2. The molecule has 1 aliphatic heterocycles. The number of hydrogen-bond acceptors (Lipinski definition) is 6. The average Bonchev–Trinajstić information content (AvgIpc) is 2.98. The van der Waals surface area contributed by atoms with E-state index in [1.54, 1.807) is 9.80 Å². The molecule has 0 radical (unpaired) electrons. The molecule has 1 aliphatic rings. The molecule has 1 aromatic rings. The number of anilines is 1. The van der Waals surface area contributed by atoms with Gasteiger partial charge in [0.05, 0.1) is 12.2 Å². The summed E-state index contributed by atoms with van der Waals surface area (Å²) in [4.78, 5) is 47.1. The lowest BCUT2D eigenvalue weighted by Gasteiger charge is -2.15. The minimum Gasteiger partial charge on any atom is -0.315 e. The molecule has 1 fully saturated rings. The summed E-state index contributed by atoms with van der Waals surface area (Å²) in [6, 6.07) is -0.110. The molecule has 108 valence electrons. The maximum Gasteiger partial charge on any atom is 0.373 e. The number of aromatic nitrogens is 1. The van der Waals surface area contributed by atoms with Crippen molar-refractivity contribution in [2.45, 2.75) is 20.3 Å². The standard InChI is InChI=1S/C11H15N3O2S.CO2/c1-3-9(15)6-13-4-5-14(11(13)16)10-12-8(2)7-17-10;2-1-3/h7H,3-6H2,1-2H3;. The Morgan fingerprint density at radius 2 is 2.10 bits per heavy atom. The van der Waals surface area contributed by atoms with E-state index in [0.29, 0.717) is 19.5 Å². The number of ketones is 1. The van der Waals surface area contributed by atoms with E-state index in [-0.39, 0.29) is 24.5 Å². The third-order valence-electron chi connectivity index (χ3n) is 2.69. The van der Waals surface area contributed by atoms with E-state index >= 15 is 0 Å². The molecule has 7 nitrogen and oxygen atoms in total. The molecule has 8 heteroatoms. The van der Waals surface area contributed by atoms with Gasteiger partial charge in [-0.2, -0.15) is 9.59 Å². The first kappa shape index (κ1) is 16.0. The highest BCUT2D eigenvalue weighted by Gasteiger charge is 2.31. The fourth-order valence-corrected chi connectivity index (χ4v) is 2.52. The molecular formula is C12H15N3O4S. The Morgan fingerprint density at radius 3 is 2.60 bits per heavy atom. The first-order chi connectivity index (χ1) is 9.53. The molecule has 2 heterocycles. The molecule has 0 atom stereocenters. The van der Waals surface area contributed by atoms with Gasteiger partial charge in [0.15, 0.2) is 10.9 Å². The molecule has 0 N–H and O–H groups in total. The Bertz CT molecular complexity index is 523. The lowest BCUT2D eigenvalue weighted by molar-refractivity contribution is -0.191. The topological polar surface area (TPSA) is 87.7 Å². The number of carbonyl (C=O) groups excluding carboxylic acids is 4. The summed E-state index contributed by atoms with van der Waals surface area (Å²) in [5, 5.41) is 2.64. The van der Waals surface area contributed by atoms with E-state index in [1.807, 2.05) is 19.2 Å². The van der Waals surface area contributed by atoms with Gasteiger partial charge in [-0.1, -0.05) is 6.92 Å². The zero-order chi connectivity index (χ0) is 15.1. The molecule has 1 aromatic heterocycles. The van der Waals surface area contributed by atoms with Crippen molar-refractivity contribution in [2.24, 2.45) is 0 Å². The number of thiazole rings is 1. The van der Waals surface area contributed by atoms with E-state index < -0.39 is 0 Å². The molecule has 0 bridgehead atoms. The Hall–Kier alpha value is -2.05. The third kappa shape index (κ3) is 3.97. The van der Waals surface area contributed by atoms with Crippen LogP contribution in [-0.2, 0) is 14.4 Å². The number of Topliss-reactive ketones (excluding diaryl/α,β-unsaturated/α-hetero) is 1. The van der Waals surface area contributed by atoms with Gasteiger partial charge in [-0.15, -0.1) is 11.3 Å². The van der Waals surface area contributed by atoms with Gasteiger partial charge in [-0.05, 0) is 6.92 Å². The minimum absolute atomic E-state index is 0.0931. The summed E-state index contributed by atoms with van der Waals surface area (Å²) in [6.07, 6.45) is 0.722. The Morgan fingerprint density at radius 1 is 1.45 bits per heavy atom. The summed E-state index contributed by atoms with van der Waals surface area (Å²) in [6.45, 7) is 5.14. The maximum atomic E-state index is 12.0. The molecule has 0 aromatic carbocycles. The summed E-state index contributed by atoms with van der Waals surface area (Å²) < 4.78 is 0. The van der Waals surface area contributed by atoms with Crippen LogP contribution in [0, 0.1) is 6.92 Å². The average molecular weight is 297 g/mol. The fraction of sp³-hybridized carbons (Fsp3) is 0.500. The van der Waals surface area contributed by atoms with Crippen molar-refractivity contribution >= 4 is 34.4 Å². The van der Waals surface area contributed by atoms with Gasteiger partial charge in [-0.3, -0.25) is 9.69 Å².